The van der Waals surface area contributed by atoms with Crippen molar-refractivity contribution < 1.29 is 19.1 Å². The number of hydrogen-bond donors (Lipinski definition) is 3. The molecular formula is C34H42ClN2O4P. The van der Waals surface area contributed by atoms with Crippen molar-refractivity contribution in [3.63, 3.8) is 0 Å². The summed E-state index contributed by atoms with van der Waals surface area (Å²) in [6, 6.07) is 15.7. The van der Waals surface area contributed by atoms with Crippen LogP contribution >= 0.6 is 19.2 Å². The zero-order valence-electron chi connectivity index (χ0n) is 24.6. The predicted octanol–water partition coefficient (Wildman–Crippen LogP) is 7.55. The van der Waals surface area contributed by atoms with Crippen LogP contribution < -0.4 is 15.4 Å². The lowest BCUT2D eigenvalue weighted by molar-refractivity contribution is 0.154. The Hall–Kier alpha value is -2.37. The molecule has 6 nitrogen and oxygen atoms in total. The maximum Gasteiger partial charge on any atom is 0.356 e. The van der Waals surface area contributed by atoms with Gasteiger partial charge in [-0.3, -0.25) is 9.55 Å². The van der Waals surface area contributed by atoms with Crippen LogP contribution in [0.3, 0.4) is 0 Å². The molecule has 0 amide bonds. The fraction of sp³-hybridized carbons (Fsp3) is 0.500. The summed E-state index contributed by atoms with van der Waals surface area (Å²) in [4.78, 5) is 24.6. The lowest BCUT2D eigenvalue weighted by Crippen LogP contribution is -2.41. The molecule has 0 aliphatic heterocycles. The van der Waals surface area contributed by atoms with Crippen LogP contribution in [0.5, 0.6) is 5.75 Å². The maximum atomic E-state index is 12.2. The summed E-state index contributed by atoms with van der Waals surface area (Å²) < 4.78 is 18.7. The first-order valence-electron chi connectivity index (χ1n) is 15.4. The van der Waals surface area contributed by atoms with E-state index in [0.717, 1.165) is 67.0 Å². The number of aryl methyl sites for hydroxylation is 1. The van der Waals surface area contributed by atoms with Gasteiger partial charge < -0.3 is 19.8 Å². The van der Waals surface area contributed by atoms with Gasteiger partial charge in [0.1, 0.15) is 5.75 Å². The predicted molar refractivity (Wildman–Crippen MR) is 169 cm³/mol. The molecule has 3 N–H and O–H groups in total. The zero-order chi connectivity index (χ0) is 29.5. The van der Waals surface area contributed by atoms with Gasteiger partial charge >= 0.3 is 7.60 Å². The Morgan fingerprint density at radius 2 is 1.95 bits per heavy atom. The smallest absolute Gasteiger partial charge is 0.356 e. The number of fused-ring (bicyclic) bond motifs is 3. The highest BCUT2D eigenvalue weighted by Gasteiger charge is 2.49. The van der Waals surface area contributed by atoms with Gasteiger partial charge in [-0.2, -0.15) is 0 Å². The highest BCUT2D eigenvalue weighted by atomic mass is 35.5. The van der Waals surface area contributed by atoms with Gasteiger partial charge in [0.15, 0.2) is 0 Å². The van der Waals surface area contributed by atoms with Crippen LogP contribution in [-0.2, 0) is 22.8 Å². The first kappa shape index (κ1) is 29.7. The van der Waals surface area contributed by atoms with Gasteiger partial charge in [-0.1, -0.05) is 37.6 Å². The first-order valence-corrected chi connectivity index (χ1v) is 17.4. The zero-order valence-corrected chi connectivity index (χ0v) is 26.2. The third-order valence-electron chi connectivity index (χ3n) is 10.1. The minimum absolute atomic E-state index is 0.0916. The number of pyridine rings is 1. The number of nitrogens with one attached hydrogen (secondary N) is 1. The molecule has 0 radical (unpaired) electrons. The topological polar surface area (TPSA) is 91.7 Å². The fourth-order valence-electron chi connectivity index (χ4n) is 8.00. The average molecular weight is 609 g/mol. The van der Waals surface area contributed by atoms with E-state index >= 15 is 0 Å². The number of halogens is 1. The molecule has 8 heteroatoms. The van der Waals surface area contributed by atoms with E-state index in [0.29, 0.717) is 30.4 Å². The quantitative estimate of drug-likeness (QED) is 0.229. The Labute approximate surface area is 254 Å². The summed E-state index contributed by atoms with van der Waals surface area (Å²) in [6.07, 6.45) is 11.2. The number of hydrogen-bond acceptors (Lipinski definition) is 4. The SMILES string of the molecule is C[C@@H](COc1ccnc2c1[C@H](C)CCC2)C[C@H]1Cc2ccc(P(=O)(O)O)cc2C12CCC(Nc1cccc(Cl)c1)CC2. The highest BCUT2D eigenvalue weighted by Crippen LogP contribution is 2.55. The molecule has 3 aliphatic carbocycles. The van der Waals surface area contributed by atoms with E-state index in [1.54, 1.807) is 6.07 Å². The lowest BCUT2D eigenvalue weighted by atomic mass is 9.62. The standard InChI is InChI=1S/C34H42ClN2O4P/c1-22(21-41-32-13-16-36-31-8-3-5-23(2)33(31)32)17-25-18-24-9-10-29(42(38,39)40)20-30(24)34(25)14-11-27(12-15-34)37-28-7-4-6-26(35)19-28/h4,6-7,9-10,13,16,19-20,22-23,25,27,37H,3,5,8,11-12,14-15,17-18,21H2,1-2H3,(H2,38,39,40)/t22-,23-,25+,27?,34?/m1/s1. The minimum atomic E-state index is -4.34. The van der Waals surface area contributed by atoms with E-state index in [-0.39, 0.29) is 10.7 Å². The average Bonchev–Trinajstić information content (AvgIpc) is 3.24. The molecule has 1 saturated carbocycles. The molecule has 0 unspecified atom stereocenters. The highest BCUT2D eigenvalue weighted by molar-refractivity contribution is 7.60. The number of ether oxygens (including phenoxy) is 1. The number of nitrogens with zero attached hydrogens (tertiary/aromatic N) is 1. The van der Waals surface area contributed by atoms with Gasteiger partial charge in [-0.25, -0.2) is 0 Å². The van der Waals surface area contributed by atoms with E-state index in [4.69, 9.17) is 16.3 Å². The second-order valence-corrected chi connectivity index (χ2v) is 15.0. The van der Waals surface area contributed by atoms with E-state index in [1.807, 2.05) is 42.6 Å². The fourth-order valence-corrected chi connectivity index (χ4v) is 8.76. The molecule has 6 rings (SSSR count). The maximum absolute atomic E-state index is 12.2. The lowest BCUT2D eigenvalue weighted by Gasteiger charge is -2.44. The van der Waals surface area contributed by atoms with Crippen LogP contribution in [0, 0.1) is 11.8 Å². The van der Waals surface area contributed by atoms with E-state index in [1.165, 1.54) is 29.7 Å². The van der Waals surface area contributed by atoms with Crippen molar-refractivity contribution in [2.75, 3.05) is 11.9 Å². The third kappa shape index (κ3) is 6.01. The molecule has 2 aromatic carbocycles. The van der Waals surface area contributed by atoms with Crippen molar-refractivity contribution in [1.29, 1.82) is 0 Å². The van der Waals surface area contributed by atoms with Crippen LogP contribution in [0.2, 0.25) is 5.02 Å². The van der Waals surface area contributed by atoms with Crippen LogP contribution in [0.1, 0.15) is 87.1 Å². The van der Waals surface area contributed by atoms with Gasteiger partial charge in [-0.15, -0.1) is 0 Å². The normalized spacial score (nSPS) is 26.0. The van der Waals surface area contributed by atoms with Crippen molar-refractivity contribution >= 4 is 30.2 Å². The Kier molecular flexibility index (Phi) is 8.45. The summed E-state index contributed by atoms with van der Waals surface area (Å²) in [5.41, 5.74) is 5.81. The molecule has 1 aromatic heterocycles. The summed E-state index contributed by atoms with van der Waals surface area (Å²) >= 11 is 6.23. The van der Waals surface area contributed by atoms with Crippen LogP contribution in [0.15, 0.2) is 54.7 Å². The Morgan fingerprint density at radius 1 is 1.14 bits per heavy atom. The van der Waals surface area contributed by atoms with Gasteiger partial charge in [0, 0.05) is 34.2 Å². The van der Waals surface area contributed by atoms with Crippen LogP contribution in [0.4, 0.5) is 5.69 Å². The Morgan fingerprint density at radius 3 is 2.71 bits per heavy atom. The molecule has 3 aromatic rings. The van der Waals surface area contributed by atoms with Crippen molar-refractivity contribution in [2.24, 2.45) is 11.8 Å². The van der Waals surface area contributed by atoms with Crippen molar-refractivity contribution in [3.05, 3.63) is 82.1 Å². The summed E-state index contributed by atoms with van der Waals surface area (Å²) in [5, 5.41) is 4.53. The number of anilines is 1. The number of benzene rings is 2. The molecule has 1 heterocycles. The summed E-state index contributed by atoms with van der Waals surface area (Å²) in [7, 11) is -4.34. The summed E-state index contributed by atoms with van der Waals surface area (Å²) in [5.74, 6) is 2.20. The Bertz CT molecular complexity index is 1480. The van der Waals surface area contributed by atoms with E-state index < -0.39 is 7.60 Å². The van der Waals surface area contributed by atoms with Crippen molar-refractivity contribution in [3.8, 4) is 5.75 Å². The van der Waals surface area contributed by atoms with Gasteiger partial charge in [0.05, 0.1) is 11.9 Å². The molecule has 3 aliphatic rings. The van der Waals surface area contributed by atoms with E-state index in [9.17, 15) is 14.4 Å². The Balaban J connectivity index is 1.20. The third-order valence-corrected chi connectivity index (χ3v) is 11.3. The first-order chi connectivity index (χ1) is 20.1. The van der Waals surface area contributed by atoms with Gasteiger partial charge in [0.25, 0.3) is 0 Å². The number of aromatic nitrogens is 1. The molecular weight excluding hydrogens is 567 g/mol. The minimum Gasteiger partial charge on any atom is -0.493 e. The largest absolute Gasteiger partial charge is 0.493 e. The van der Waals surface area contributed by atoms with Gasteiger partial charge in [-0.05, 0) is 128 Å². The summed E-state index contributed by atoms with van der Waals surface area (Å²) in [6.45, 7) is 5.21. The van der Waals surface area contributed by atoms with Crippen LogP contribution in [-0.4, -0.2) is 27.4 Å². The molecule has 0 bridgehead atoms. The van der Waals surface area contributed by atoms with Crippen LogP contribution in [0.25, 0.3) is 0 Å². The molecule has 224 valence electrons. The monoisotopic (exact) mass is 608 g/mol. The molecule has 42 heavy (non-hydrogen) atoms. The van der Waals surface area contributed by atoms with Crippen molar-refractivity contribution in [1.82, 2.24) is 4.98 Å². The van der Waals surface area contributed by atoms with Gasteiger partial charge in [0.2, 0.25) is 0 Å². The molecule has 1 spiro atoms. The second kappa shape index (κ2) is 12.0. The second-order valence-electron chi connectivity index (χ2n) is 13.0. The molecule has 3 atom stereocenters. The molecule has 1 fully saturated rings. The van der Waals surface area contributed by atoms with Crippen molar-refractivity contribution in [2.45, 2.75) is 89.0 Å². The van der Waals surface area contributed by atoms with E-state index in [2.05, 4.69) is 30.2 Å². The number of rotatable bonds is 8. The molecule has 0 saturated heterocycles.